The van der Waals surface area contributed by atoms with Crippen molar-refractivity contribution in [1.29, 1.82) is 0 Å². The van der Waals surface area contributed by atoms with E-state index in [1.165, 1.54) is 13.0 Å². The molecule has 1 heterocycles. The van der Waals surface area contributed by atoms with Crippen molar-refractivity contribution < 1.29 is 33.7 Å². The molecule has 0 aromatic rings. The molecule has 0 radical (unpaired) electrons. The van der Waals surface area contributed by atoms with E-state index in [9.17, 15) is 19.5 Å². The summed E-state index contributed by atoms with van der Waals surface area (Å²) in [7, 11) is 0. The van der Waals surface area contributed by atoms with Gasteiger partial charge in [-0.2, -0.15) is 0 Å². The largest absolute Gasteiger partial charge is 0.455 e. The van der Waals surface area contributed by atoms with Gasteiger partial charge in [-0.15, -0.1) is 0 Å². The van der Waals surface area contributed by atoms with E-state index in [2.05, 4.69) is 20.8 Å². The van der Waals surface area contributed by atoms with Gasteiger partial charge in [0.1, 0.15) is 12.2 Å². The van der Waals surface area contributed by atoms with E-state index in [-0.39, 0.29) is 47.6 Å². The maximum absolute atomic E-state index is 13.9. The number of ether oxygens (including phenoxy) is 3. The predicted octanol–water partition coefficient (Wildman–Crippen LogP) is 4.48. The van der Waals surface area contributed by atoms with Crippen molar-refractivity contribution in [2.75, 3.05) is 0 Å². The molecule has 0 bridgehead atoms. The van der Waals surface area contributed by atoms with E-state index in [0.717, 1.165) is 18.4 Å². The first-order valence-corrected chi connectivity index (χ1v) is 13.6. The molecule has 9 atom stereocenters. The second-order valence-corrected chi connectivity index (χ2v) is 12.2. The summed E-state index contributed by atoms with van der Waals surface area (Å²) in [6.45, 7) is 13.2. The van der Waals surface area contributed by atoms with Crippen LogP contribution in [0.4, 0.5) is 0 Å². The number of Topliss-reactive ketones (excluding diaryl/α,β-unsaturated/α-hetero) is 1. The Morgan fingerprint density at radius 1 is 1.22 bits per heavy atom. The van der Waals surface area contributed by atoms with Crippen LogP contribution < -0.4 is 0 Å². The van der Waals surface area contributed by atoms with E-state index < -0.39 is 35.7 Å². The second kappa shape index (κ2) is 10.1. The molecule has 7 nitrogen and oxygen atoms in total. The van der Waals surface area contributed by atoms with Crippen LogP contribution in [-0.4, -0.2) is 52.8 Å². The number of rotatable bonds is 6. The normalized spacial score (nSPS) is 43.4. The first-order valence-electron chi connectivity index (χ1n) is 13.6. The zero-order valence-corrected chi connectivity index (χ0v) is 23.2. The van der Waals surface area contributed by atoms with Crippen LogP contribution in [0.15, 0.2) is 35.5 Å². The molecule has 4 aliphatic rings. The summed E-state index contributed by atoms with van der Waals surface area (Å²) in [6.07, 6.45) is 8.55. The van der Waals surface area contributed by atoms with Crippen molar-refractivity contribution in [2.45, 2.75) is 104 Å². The Balaban J connectivity index is 1.68. The standard InChI is InChI=1S/C30H42O7/c1-8-9-23-24(35-23)10-11-26(32)36-25-14-21-20(29(21,6)7)13-17(3)28(34)30(37-19(5)31)15-18(4)27(33)22(30)12-16(25)2/h10-13,18,20-25,27,33H,8-9,14-15H2,1-7H3/b11-10+,16-12+,17-13+/t18-,20-,21+,22+,23-,24+,25-,27+,30-/m1/s1. The Morgan fingerprint density at radius 2 is 1.92 bits per heavy atom. The molecule has 0 spiro atoms. The molecule has 3 aliphatic carbocycles. The van der Waals surface area contributed by atoms with E-state index in [1.54, 1.807) is 19.1 Å². The van der Waals surface area contributed by atoms with E-state index in [4.69, 9.17) is 14.2 Å². The van der Waals surface area contributed by atoms with Crippen LogP contribution in [0.3, 0.4) is 0 Å². The number of aliphatic hydroxyl groups excluding tert-OH is 1. The van der Waals surface area contributed by atoms with Gasteiger partial charge in [0.25, 0.3) is 0 Å². The second-order valence-electron chi connectivity index (χ2n) is 12.2. The third-order valence-electron chi connectivity index (χ3n) is 9.05. The summed E-state index contributed by atoms with van der Waals surface area (Å²) >= 11 is 0. The molecule has 0 amide bonds. The summed E-state index contributed by atoms with van der Waals surface area (Å²) < 4.78 is 17.3. The number of aliphatic hydroxyl groups is 1. The van der Waals surface area contributed by atoms with Crippen LogP contribution >= 0.6 is 0 Å². The Bertz CT molecular complexity index is 1040. The number of ketones is 1. The van der Waals surface area contributed by atoms with Gasteiger partial charge in [0.15, 0.2) is 5.60 Å². The van der Waals surface area contributed by atoms with Crippen LogP contribution in [0, 0.1) is 29.1 Å². The molecule has 3 fully saturated rings. The van der Waals surface area contributed by atoms with Crippen molar-refractivity contribution in [2.24, 2.45) is 29.1 Å². The summed E-state index contributed by atoms with van der Waals surface area (Å²) in [5, 5.41) is 11.1. The molecule has 2 saturated carbocycles. The molecule has 1 aliphatic heterocycles. The monoisotopic (exact) mass is 514 g/mol. The SMILES string of the molecule is CCC[C@H]1O[C@H]1/C=C/C(=O)O[C@@H]1C[C@H]2[C@@H](/C=C(\C)C(=O)[C@@]3(OC(C)=O)C[C@@H](C)[C@H](O)[C@@H]3/C=C/1C)C2(C)C. The van der Waals surface area contributed by atoms with Gasteiger partial charge in [0, 0.05) is 19.4 Å². The van der Waals surface area contributed by atoms with Crippen LogP contribution in [-0.2, 0) is 28.6 Å². The molecule has 0 aromatic heterocycles. The summed E-state index contributed by atoms with van der Waals surface area (Å²) in [5.74, 6) is -1.91. The molecular formula is C30H42O7. The minimum Gasteiger partial charge on any atom is -0.455 e. The number of fused-ring (bicyclic) bond motifs is 2. The molecule has 0 unspecified atom stereocenters. The highest BCUT2D eigenvalue weighted by Crippen LogP contribution is 2.62. The molecule has 1 N–H and O–H groups in total. The summed E-state index contributed by atoms with van der Waals surface area (Å²) in [6, 6.07) is 0. The number of carbonyl (C=O) groups excluding carboxylic acids is 3. The van der Waals surface area contributed by atoms with E-state index in [1.807, 2.05) is 19.9 Å². The Hall–Kier alpha value is -2.25. The smallest absolute Gasteiger partial charge is 0.331 e. The molecule has 7 heteroatoms. The number of esters is 2. The third-order valence-corrected chi connectivity index (χ3v) is 9.05. The Morgan fingerprint density at radius 3 is 2.57 bits per heavy atom. The highest BCUT2D eigenvalue weighted by molar-refractivity contribution is 6.03. The summed E-state index contributed by atoms with van der Waals surface area (Å²) in [4.78, 5) is 38.9. The maximum Gasteiger partial charge on any atom is 0.331 e. The van der Waals surface area contributed by atoms with Gasteiger partial charge >= 0.3 is 11.9 Å². The van der Waals surface area contributed by atoms with Gasteiger partial charge < -0.3 is 19.3 Å². The zero-order chi connectivity index (χ0) is 27.3. The fraction of sp³-hybridized carbons (Fsp3) is 0.700. The van der Waals surface area contributed by atoms with Gasteiger partial charge in [0.05, 0.1) is 18.1 Å². The lowest BCUT2D eigenvalue weighted by Gasteiger charge is -2.34. The van der Waals surface area contributed by atoms with Crippen LogP contribution in [0.25, 0.3) is 0 Å². The lowest BCUT2D eigenvalue weighted by Crippen LogP contribution is -2.48. The summed E-state index contributed by atoms with van der Waals surface area (Å²) in [5.41, 5.74) is -0.259. The molecule has 0 aromatic carbocycles. The molecule has 204 valence electrons. The maximum atomic E-state index is 13.9. The predicted molar refractivity (Wildman–Crippen MR) is 138 cm³/mol. The Labute approximate surface area is 220 Å². The number of carbonyl (C=O) groups is 3. The van der Waals surface area contributed by atoms with Crippen molar-refractivity contribution in [3.8, 4) is 0 Å². The molecule has 37 heavy (non-hydrogen) atoms. The van der Waals surface area contributed by atoms with Crippen molar-refractivity contribution in [1.82, 2.24) is 0 Å². The number of allylic oxidation sites excluding steroid dienone is 1. The van der Waals surface area contributed by atoms with Crippen molar-refractivity contribution >= 4 is 17.7 Å². The minimum atomic E-state index is -1.49. The van der Waals surface area contributed by atoms with Gasteiger partial charge in [-0.1, -0.05) is 46.3 Å². The fourth-order valence-electron chi connectivity index (χ4n) is 6.64. The molecule has 4 rings (SSSR count). The molecule has 1 saturated heterocycles. The highest BCUT2D eigenvalue weighted by atomic mass is 16.6. The lowest BCUT2D eigenvalue weighted by molar-refractivity contribution is -0.168. The number of epoxide rings is 1. The van der Waals surface area contributed by atoms with Crippen LogP contribution in [0.1, 0.15) is 74.1 Å². The quantitative estimate of drug-likeness (QED) is 0.241. The first-order chi connectivity index (χ1) is 17.3. The van der Waals surface area contributed by atoms with E-state index >= 15 is 0 Å². The average molecular weight is 515 g/mol. The Kier molecular flexibility index (Phi) is 7.61. The molecular weight excluding hydrogens is 472 g/mol. The number of hydrogen-bond acceptors (Lipinski definition) is 7. The topological polar surface area (TPSA) is 102 Å². The lowest BCUT2D eigenvalue weighted by atomic mass is 9.80. The van der Waals surface area contributed by atoms with E-state index in [0.29, 0.717) is 12.0 Å². The minimum absolute atomic E-state index is 0.0398. The third kappa shape index (κ3) is 5.35. The average Bonchev–Trinajstić information content (AvgIpc) is 3.65. The van der Waals surface area contributed by atoms with Gasteiger partial charge in [-0.05, 0) is 67.1 Å². The fourth-order valence-corrected chi connectivity index (χ4v) is 6.64. The van der Waals surface area contributed by atoms with Gasteiger partial charge in [-0.25, -0.2) is 4.79 Å². The first kappa shape index (κ1) is 27.8. The highest BCUT2D eigenvalue weighted by Gasteiger charge is 2.61. The van der Waals surface area contributed by atoms with Gasteiger partial charge in [-0.3, -0.25) is 9.59 Å². The van der Waals surface area contributed by atoms with Crippen molar-refractivity contribution in [3.63, 3.8) is 0 Å². The van der Waals surface area contributed by atoms with Crippen molar-refractivity contribution in [3.05, 3.63) is 35.5 Å². The van der Waals surface area contributed by atoms with Crippen LogP contribution in [0.5, 0.6) is 0 Å². The number of hydrogen-bond donors (Lipinski definition) is 1. The van der Waals surface area contributed by atoms with Gasteiger partial charge in [0.2, 0.25) is 5.78 Å². The zero-order valence-electron chi connectivity index (χ0n) is 23.2. The van der Waals surface area contributed by atoms with Crippen LogP contribution in [0.2, 0.25) is 0 Å².